The van der Waals surface area contributed by atoms with Crippen LogP contribution >= 0.6 is 11.5 Å². The Morgan fingerprint density at radius 3 is 2.61 bits per heavy atom. The molecule has 1 amide bonds. The number of amides is 1. The van der Waals surface area contributed by atoms with Crippen LogP contribution in [0.2, 0.25) is 0 Å². The second-order valence-electron chi connectivity index (χ2n) is 8.65. The van der Waals surface area contributed by atoms with Gasteiger partial charge in [0, 0.05) is 29.8 Å². The van der Waals surface area contributed by atoms with E-state index < -0.39 is 17.7 Å². The number of aromatic nitrogens is 3. The second-order valence-corrected chi connectivity index (χ2v) is 9.40. The number of pyridine rings is 1. The first kappa shape index (κ1) is 22.7. The minimum atomic E-state index is -0.602. The quantitative estimate of drug-likeness (QED) is 0.403. The van der Waals surface area contributed by atoms with E-state index in [1.165, 1.54) is 11.5 Å². The number of nitrogens with one attached hydrogen (secondary N) is 1. The van der Waals surface area contributed by atoms with E-state index in [0.29, 0.717) is 12.2 Å². The number of hydrogen-bond donors (Lipinski definition) is 1. The van der Waals surface area contributed by atoms with Gasteiger partial charge in [-0.15, -0.1) is 0 Å². The number of carbonyl (C=O) groups excluding carboxylic acids is 1. The van der Waals surface area contributed by atoms with Gasteiger partial charge >= 0.3 is 6.09 Å². The van der Waals surface area contributed by atoms with Gasteiger partial charge in [0.2, 0.25) is 0 Å². The zero-order valence-corrected chi connectivity index (χ0v) is 19.8. The van der Waals surface area contributed by atoms with Gasteiger partial charge in [-0.05, 0) is 67.5 Å². The SMILES string of the molecule is COc1ccc(C[C@H](NC(=O)OC(C)(C)C)c2nsc(-c3ccc4cnccc4c3)n2)cc1. The van der Waals surface area contributed by atoms with Crippen molar-refractivity contribution in [3.8, 4) is 16.3 Å². The molecule has 7 nitrogen and oxygen atoms in total. The monoisotopic (exact) mass is 462 g/mol. The maximum atomic E-state index is 12.5. The topological polar surface area (TPSA) is 86.2 Å². The predicted octanol–water partition coefficient (Wildman–Crippen LogP) is 5.57. The van der Waals surface area contributed by atoms with Crippen LogP contribution in [-0.4, -0.2) is 33.1 Å². The standard InChI is InChI=1S/C25H26N4O3S/c1-25(2,3)32-24(30)27-21(13-16-5-9-20(31-4)10-6-16)22-28-23(33-29-22)18-7-8-19-15-26-12-11-17(19)14-18/h5-12,14-15,21H,13H2,1-4H3,(H,27,30)/t21-/m0/s1. The number of ether oxygens (including phenoxy) is 2. The number of benzene rings is 2. The van der Waals surface area contributed by atoms with Crippen LogP contribution < -0.4 is 10.1 Å². The van der Waals surface area contributed by atoms with Crippen LogP contribution in [0.3, 0.4) is 0 Å². The number of methoxy groups -OCH3 is 1. The van der Waals surface area contributed by atoms with E-state index in [1.54, 1.807) is 13.3 Å². The normalized spacial score (nSPS) is 12.4. The number of fused-ring (bicyclic) bond motifs is 1. The summed E-state index contributed by atoms with van der Waals surface area (Å²) in [5.41, 5.74) is 1.39. The molecule has 4 aromatic rings. The highest BCUT2D eigenvalue weighted by Crippen LogP contribution is 2.28. The largest absolute Gasteiger partial charge is 0.497 e. The molecule has 0 saturated heterocycles. The van der Waals surface area contributed by atoms with Crippen molar-refractivity contribution in [3.63, 3.8) is 0 Å². The van der Waals surface area contributed by atoms with E-state index in [-0.39, 0.29) is 0 Å². The van der Waals surface area contributed by atoms with Crippen molar-refractivity contribution in [3.05, 3.63) is 72.3 Å². The lowest BCUT2D eigenvalue weighted by Gasteiger charge is -2.22. The van der Waals surface area contributed by atoms with E-state index in [0.717, 1.165) is 32.7 Å². The van der Waals surface area contributed by atoms with Crippen LogP contribution in [0.25, 0.3) is 21.3 Å². The van der Waals surface area contributed by atoms with Crippen molar-refractivity contribution >= 4 is 28.4 Å². The van der Waals surface area contributed by atoms with Crippen LogP contribution in [0.15, 0.2) is 60.9 Å². The molecule has 33 heavy (non-hydrogen) atoms. The fourth-order valence-electron chi connectivity index (χ4n) is 3.36. The second kappa shape index (κ2) is 9.54. The number of nitrogens with zero attached hydrogens (tertiary/aromatic N) is 3. The Morgan fingerprint density at radius 1 is 1.09 bits per heavy atom. The summed E-state index contributed by atoms with van der Waals surface area (Å²) in [5.74, 6) is 1.32. The van der Waals surface area contributed by atoms with Gasteiger partial charge in [-0.25, -0.2) is 9.78 Å². The number of rotatable bonds is 6. The van der Waals surface area contributed by atoms with Gasteiger partial charge in [-0.1, -0.05) is 24.3 Å². The summed E-state index contributed by atoms with van der Waals surface area (Å²) >= 11 is 1.31. The molecule has 2 heterocycles. The molecule has 2 aromatic carbocycles. The smallest absolute Gasteiger partial charge is 0.408 e. The molecular weight excluding hydrogens is 436 g/mol. The lowest BCUT2D eigenvalue weighted by Crippen LogP contribution is -2.36. The van der Waals surface area contributed by atoms with E-state index in [4.69, 9.17) is 14.5 Å². The molecule has 170 valence electrons. The first-order valence-electron chi connectivity index (χ1n) is 10.6. The molecule has 0 bridgehead atoms. The molecule has 8 heteroatoms. The molecule has 0 radical (unpaired) electrons. The van der Waals surface area contributed by atoms with Crippen molar-refractivity contribution in [1.29, 1.82) is 0 Å². The highest BCUT2D eigenvalue weighted by molar-refractivity contribution is 7.09. The number of carbonyl (C=O) groups is 1. The summed E-state index contributed by atoms with van der Waals surface area (Å²) in [4.78, 5) is 21.5. The van der Waals surface area contributed by atoms with Crippen LogP contribution in [-0.2, 0) is 11.2 Å². The highest BCUT2D eigenvalue weighted by Gasteiger charge is 2.24. The molecule has 0 unspecified atom stereocenters. The van der Waals surface area contributed by atoms with E-state index in [1.807, 2.05) is 69.4 Å². The predicted molar refractivity (Wildman–Crippen MR) is 129 cm³/mol. The zero-order valence-electron chi connectivity index (χ0n) is 19.0. The van der Waals surface area contributed by atoms with Crippen LogP contribution in [0.1, 0.15) is 38.2 Å². The van der Waals surface area contributed by atoms with Crippen molar-refractivity contribution in [2.45, 2.75) is 38.8 Å². The van der Waals surface area contributed by atoms with Crippen molar-refractivity contribution < 1.29 is 14.3 Å². The maximum absolute atomic E-state index is 12.5. The summed E-state index contributed by atoms with van der Waals surface area (Å²) in [6.45, 7) is 5.50. The third kappa shape index (κ3) is 5.84. The Balaban J connectivity index is 1.61. The molecule has 0 aliphatic rings. The first-order chi connectivity index (χ1) is 15.8. The summed E-state index contributed by atoms with van der Waals surface area (Å²) in [6, 6.07) is 15.3. The number of alkyl carbamates (subject to hydrolysis) is 1. The van der Waals surface area contributed by atoms with Gasteiger partial charge in [0.25, 0.3) is 0 Å². The van der Waals surface area contributed by atoms with Crippen LogP contribution in [0.5, 0.6) is 5.75 Å². The molecule has 2 aromatic heterocycles. The molecule has 1 atom stereocenters. The Morgan fingerprint density at radius 2 is 1.88 bits per heavy atom. The first-order valence-corrected chi connectivity index (χ1v) is 11.4. The van der Waals surface area contributed by atoms with Gasteiger partial charge < -0.3 is 14.8 Å². The lowest BCUT2D eigenvalue weighted by molar-refractivity contribution is 0.0501. The molecule has 0 aliphatic carbocycles. The average molecular weight is 463 g/mol. The van der Waals surface area contributed by atoms with E-state index in [9.17, 15) is 4.79 Å². The third-order valence-corrected chi connectivity index (χ3v) is 5.71. The van der Waals surface area contributed by atoms with Crippen LogP contribution in [0.4, 0.5) is 4.79 Å². The van der Waals surface area contributed by atoms with Gasteiger partial charge in [-0.2, -0.15) is 4.37 Å². The molecule has 4 rings (SSSR count). The molecule has 0 fully saturated rings. The number of hydrogen-bond acceptors (Lipinski definition) is 7. The Bertz CT molecular complexity index is 1250. The Kier molecular flexibility index (Phi) is 6.55. The van der Waals surface area contributed by atoms with Gasteiger partial charge in [-0.3, -0.25) is 4.98 Å². The zero-order chi connectivity index (χ0) is 23.4. The molecule has 0 saturated carbocycles. The van der Waals surface area contributed by atoms with Gasteiger partial charge in [0.15, 0.2) is 5.82 Å². The van der Waals surface area contributed by atoms with Crippen LogP contribution in [0, 0.1) is 0 Å². The minimum absolute atomic E-state index is 0.442. The summed E-state index contributed by atoms with van der Waals surface area (Å²) in [6.07, 6.45) is 3.62. The third-order valence-electron chi connectivity index (χ3n) is 4.93. The maximum Gasteiger partial charge on any atom is 0.408 e. The molecule has 0 aliphatic heterocycles. The van der Waals surface area contributed by atoms with Gasteiger partial charge in [0.1, 0.15) is 16.4 Å². The molecular formula is C25H26N4O3S. The molecule has 0 spiro atoms. The average Bonchev–Trinajstić information content (AvgIpc) is 3.28. The minimum Gasteiger partial charge on any atom is -0.497 e. The van der Waals surface area contributed by atoms with Crippen molar-refractivity contribution in [2.24, 2.45) is 0 Å². The summed E-state index contributed by atoms with van der Waals surface area (Å²) in [7, 11) is 1.63. The van der Waals surface area contributed by atoms with E-state index >= 15 is 0 Å². The summed E-state index contributed by atoms with van der Waals surface area (Å²) < 4.78 is 15.3. The Labute approximate surface area is 197 Å². The van der Waals surface area contributed by atoms with E-state index in [2.05, 4.69) is 20.7 Å². The Hall–Kier alpha value is -3.52. The van der Waals surface area contributed by atoms with Gasteiger partial charge in [0.05, 0.1) is 13.2 Å². The fourth-order valence-corrected chi connectivity index (χ4v) is 4.08. The fraction of sp³-hybridized carbons (Fsp3) is 0.280. The highest BCUT2D eigenvalue weighted by atomic mass is 32.1. The van der Waals surface area contributed by atoms with Crippen molar-refractivity contribution in [1.82, 2.24) is 19.7 Å². The van der Waals surface area contributed by atoms with Crippen molar-refractivity contribution in [2.75, 3.05) is 7.11 Å². The lowest BCUT2D eigenvalue weighted by atomic mass is 10.1. The summed E-state index contributed by atoms with van der Waals surface area (Å²) in [5, 5.41) is 5.88. The molecule has 1 N–H and O–H groups in total.